The normalized spacial score (nSPS) is 18.1. The first-order valence-corrected chi connectivity index (χ1v) is 10.6. The van der Waals surface area contributed by atoms with E-state index in [-0.39, 0.29) is 0 Å². The average Bonchev–Trinajstić information content (AvgIpc) is 3.56. The van der Waals surface area contributed by atoms with Crippen molar-refractivity contribution in [1.82, 2.24) is 9.55 Å². The first-order chi connectivity index (χ1) is 14.8. The minimum atomic E-state index is -0.540. The molecule has 4 aromatic rings. The van der Waals surface area contributed by atoms with Crippen LogP contribution >= 0.6 is 11.3 Å². The molecule has 0 amide bonds. The molecule has 0 fully saturated rings. The Balaban J connectivity index is 1.53. The Morgan fingerprint density at radius 1 is 1.07 bits per heavy atom. The van der Waals surface area contributed by atoms with E-state index in [2.05, 4.69) is 47.4 Å². The molecule has 0 aliphatic carbocycles. The van der Waals surface area contributed by atoms with Gasteiger partial charge in [-0.2, -0.15) is 0 Å². The van der Waals surface area contributed by atoms with Crippen LogP contribution in [-0.2, 0) is 16.8 Å². The predicted octanol–water partition coefficient (Wildman–Crippen LogP) is 4.99. The van der Waals surface area contributed by atoms with Crippen LogP contribution in [0.4, 0.5) is 0 Å². The van der Waals surface area contributed by atoms with Gasteiger partial charge in [0.15, 0.2) is 0 Å². The molecular formula is C24H21N3O2S. The average molecular weight is 416 g/mol. The topological polar surface area (TPSA) is 48.6 Å². The fourth-order valence-electron chi connectivity index (χ4n) is 3.70. The first-order valence-electron chi connectivity index (χ1n) is 9.74. The Morgan fingerprint density at radius 2 is 1.93 bits per heavy atom. The quantitative estimate of drug-likeness (QED) is 0.446. The molecule has 1 atom stereocenters. The van der Waals surface area contributed by atoms with Gasteiger partial charge in [0, 0.05) is 17.3 Å². The van der Waals surface area contributed by atoms with Gasteiger partial charge < -0.3 is 14.0 Å². The first kappa shape index (κ1) is 18.6. The third-order valence-electron chi connectivity index (χ3n) is 5.25. The molecule has 5 nitrogen and oxygen atoms in total. The van der Waals surface area contributed by atoms with E-state index < -0.39 is 5.54 Å². The summed E-state index contributed by atoms with van der Waals surface area (Å²) < 4.78 is 13.7. The Labute approximate surface area is 179 Å². The number of hydrogen-bond acceptors (Lipinski definition) is 5. The van der Waals surface area contributed by atoms with E-state index in [4.69, 9.17) is 14.5 Å². The fraction of sp³-hybridized carbons (Fsp3) is 0.167. The number of rotatable bonds is 6. The maximum absolute atomic E-state index is 6.17. The van der Waals surface area contributed by atoms with Crippen LogP contribution in [-0.4, -0.2) is 29.2 Å². The second kappa shape index (κ2) is 7.80. The summed E-state index contributed by atoms with van der Waals surface area (Å²) >= 11 is 1.70. The van der Waals surface area contributed by atoms with E-state index in [0.29, 0.717) is 19.0 Å². The lowest BCUT2D eigenvalue weighted by Crippen LogP contribution is -2.31. The number of aromatic nitrogens is 2. The van der Waals surface area contributed by atoms with E-state index in [0.717, 1.165) is 16.2 Å². The van der Waals surface area contributed by atoms with E-state index >= 15 is 0 Å². The van der Waals surface area contributed by atoms with Crippen molar-refractivity contribution in [3.63, 3.8) is 0 Å². The summed E-state index contributed by atoms with van der Waals surface area (Å²) in [5.74, 6) is 1.49. The highest BCUT2D eigenvalue weighted by Crippen LogP contribution is 2.38. The van der Waals surface area contributed by atoms with Gasteiger partial charge in [0.05, 0.1) is 24.9 Å². The molecule has 150 valence electrons. The molecule has 1 aliphatic rings. The number of imidazole rings is 1. The lowest BCUT2D eigenvalue weighted by Gasteiger charge is -2.25. The summed E-state index contributed by atoms with van der Waals surface area (Å²) in [7, 11) is 1.68. The van der Waals surface area contributed by atoms with Gasteiger partial charge in [-0.05, 0) is 35.4 Å². The van der Waals surface area contributed by atoms with Crippen molar-refractivity contribution in [3.8, 4) is 16.2 Å². The Bertz CT molecular complexity index is 1170. The van der Waals surface area contributed by atoms with E-state index in [1.807, 2.05) is 41.4 Å². The van der Waals surface area contributed by atoms with Crippen LogP contribution in [0.5, 0.6) is 5.75 Å². The molecule has 3 heterocycles. The lowest BCUT2D eigenvalue weighted by atomic mass is 9.91. The van der Waals surface area contributed by atoms with Gasteiger partial charge in [0.2, 0.25) is 5.90 Å². The van der Waals surface area contributed by atoms with Crippen molar-refractivity contribution < 1.29 is 9.47 Å². The second-order valence-corrected chi connectivity index (χ2v) is 8.32. The van der Waals surface area contributed by atoms with Gasteiger partial charge in [0.25, 0.3) is 0 Å². The Morgan fingerprint density at radius 3 is 2.73 bits per heavy atom. The molecule has 0 bridgehead atoms. The molecule has 2 aromatic heterocycles. The molecule has 0 N–H and O–H groups in total. The monoisotopic (exact) mass is 415 g/mol. The van der Waals surface area contributed by atoms with E-state index in [1.165, 1.54) is 10.4 Å². The van der Waals surface area contributed by atoms with Crippen molar-refractivity contribution in [2.45, 2.75) is 12.1 Å². The molecule has 2 aromatic carbocycles. The van der Waals surface area contributed by atoms with Gasteiger partial charge in [-0.25, -0.2) is 9.98 Å². The summed E-state index contributed by atoms with van der Waals surface area (Å²) in [6.45, 7) is 1.10. The SMILES string of the molecule is COc1cccc(C2(Cn3ccnc3)COC(c3ccc(-c4ccccc4)s3)=N2)c1. The van der Waals surface area contributed by atoms with Crippen LogP contribution in [0.1, 0.15) is 10.4 Å². The maximum atomic E-state index is 6.17. The highest BCUT2D eigenvalue weighted by atomic mass is 32.1. The number of ether oxygens (including phenoxy) is 2. The molecule has 0 spiro atoms. The van der Waals surface area contributed by atoms with Crippen LogP contribution in [0.2, 0.25) is 0 Å². The second-order valence-electron chi connectivity index (χ2n) is 7.23. The number of methoxy groups -OCH3 is 1. The summed E-state index contributed by atoms with van der Waals surface area (Å²) in [5.41, 5.74) is 1.72. The van der Waals surface area contributed by atoms with Crippen LogP contribution < -0.4 is 4.74 Å². The summed E-state index contributed by atoms with van der Waals surface area (Å²) in [6.07, 6.45) is 5.55. The van der Waals surface area contributed by atoms with Gasteiger partial charge in [-0.3, -0.25) is 0 Å². The van der Waals surface area contributed by atoms with Gasteiger partial charge in [-0.1, -0.05) is 42.5 Å². The zero-order chi connectivity index (χ0) is 20.4. The standard InChI is InChI=1S/C24H21N3O2S/c1-28-20-9-5-8-19(14-20)24(15-27-13-12-25-17-27)16-29-23(26-24)22-11-10-21(30-22)18-6-3-2-4-7-18/h2-14,17H,15-16H2,1H3. The zero-order valence-corrected chi connectivity index (χ0v) is 17.4. The number of thiophene rings is 1. The molecule has 5 rings (SSSR count). The molecule has 6 heteroatoms. The molecule has 1 aliphatic heterocycles. The lowest BCUT2D eigenvalue weighted by molar-refractivity contribution is 0.235. The number of aliphatic imine (C=N–C) groups is 1. The molecular weight excluding hydrogens is 394 g/mol. The smallest absolute Gasteiger partial charge is 0.227 e. The molecule has 0 saturated heterocycles. The van der Waals surface area contributed by atoms with Crippen molar-refractivity contribution in [2.24, 2.45) is 4.99 Å². The third-order valence-corrected chi connectivity index (χ3v) is 6.37. The van der Waals surface area contributed by atoms with Gasteiger partial charge >= 0.3 is 0 Å². The summed E-state index contributed by atoms with van der Waals surface area (Å²) in [6, 6.07) is 22.6. The minimum Gasteiger partial charge on any atom is -0.497 e. The number of hydrogen-bond donors (Lipinski definition) is 0. The van der Waals surface area contributed by atoms with Gasteiger partial charge in [0.1, 0.15) is 17.9 Å². The Hall–Kier alpha value is -3.38. The number of benzene rings is 2. The fourth-order valence-corrected chi connectivity index (χ4v) is 4.65. The summed E-state index contributed by atoms with van der Waals surface area (Å²) in [4.78, 5) is 11.5. The highest BCUT2D eigenvalue weighted by Gasteiger charge is 2.40. The van der Waals surface area contributed by atoms with Crippen LogP contribution in [0, 0.1) is 0 Å². The predicted molar refractivity (Wildman–Crippen MR) is 119 cm³/mol. The molecule has 1 unspecified atom stereocenters. The maximum Gasteiger partial charge on any atom is 0.227 e. The van der Waals surface area contributed by atoms with Crippen LogP contribution in [0.3, 0.4) is 0 Å². The molecule has 0 saturated carbocycles. The van der Waals surface area contributed by atoms with Crippen molar-refractivity contribution in [3.05, 3.63) is 95.9 Å². The van der Waals surface area contributed by atoms with E-state index in [1.54, 1.807) is 24.6 Å². The van der Waals surface area contributed by atoms with Gasteiger partial charge in [-0.15, -0.1) is 11.3 Å². The van der Waals surface area contributed by atoms with Crippen LogP contribution in [0.15, 0.2) is 90.4 Å². The molecule has 30 heavy (non-hydrogen) atoms. The third kappa shape index (κ3) is 3.50. The number of nitrogens with zero attached hydrogens (tertiary/aromatic N) is 3. The zero-order valence-electron chi connectivity index (χ0n) is 16.6. The van der Waals surface area contributed by atoms with E-state index in [9.17, 15) is 0 Å². The molecule has 0 radical (unpaired) electrons. The Kier molecular flexibility index (Phi) is 4.85. The van der Waals surface area contributed by atoms with Crippen molar-refractivity contribution in [2.75, 3.05) is 13.7 Å². The minimum absolute atomic E-state index is 0.465. The summed E-state index contributed by atoms with van der Waals surface area (Å²) in [5, 5.41) is 0. The van der Waals surface area contributed by atoms with Crippen molar-refractivity contribution >= 4 is 17.2 Å². The van der Waals surface area contributed by atoms with Crippen LogP contribution in [0.25, 0.3) is 10.4 Å². The largest absolute Gasteiger partial charge is 0.497 e. The highest BCUT2D eigenvalue weighted by molar-refractivity contribution is 7.17. The van der Waals surface area contributed by atoms with Crippen molar-refractivity contribution in [1.29, 1.82) is 0 Å².